The van der Waals surface area contributed by atoms with Gasteiger partial charge in [0.25, 0.3) is 0 Å². The van der Waals surface area contributed by atoms with Crippen molar-refractivity contribution >= 4 is 41.7 Å². The Labute approximate surface area is 285 Å². The minimum atomic E-state index is -1.13. The van der Waals surface area contributed by atoms with E-state index >= 15 is 0 Å². The van der Waals surface area contributed by atoms with Gasteiger partial charge >= 0.3 is 12.2 Å². The zero-order chi connectivity index (χ0) is 35.5. The molecule has 0 fully saturated rings. The molecule has 2 aromatic rings. The summed E-state index contributed by atoms with van der Waals surface area (Å²) in [6, 6.07) is 13.8. The van der Waals surface area contributed by atoms with E-state index in [1.54, 1.807) is 20.8 Å². The van der Waals surface area contributed by atoms with Crippen LogP contribution in [0.25, 0.3) is 10.4 Å². The highest BCUT2D eigenvalue weighted by Gasteiger charge is 2.29. The van der Waals surface area contributed by atoms with Gasteiger partial charge in [0.1, 0.15) is 24.3 Å². The maximum absolute atomic E-state index is 13.5. The fourth-order valence-electron chi connectivity index (χ4n) is 4.10. The number of alkyl carbamates (subject to hydrolysis) is 2. The molecule has 0 spiro atoms. The Morgan fingerprint density at radius 1 is 0.875 bits per heavy atom. The molecule has 0 aromatic heterocycles. The lowest BCUT2D eigenvalue weighted by molar-refractivity contribution is -0.131. The summed E-state index contributed by atoms with van der Waals surface area (Å²) in [7, 11) is 0. The highest BCUT2D eigenvalue weighted by atomic mass is 32.2. The van der Waals surface area contributed by atoms with Crippen molar-refractivity contribution in [2.24, 2.45) is 5.11 Å². The van der Waals surface area contributed by atoms with Crippen LogP contribution in [0.2, 0.25) is 0 Å². The van der Waals surface area contributed by atoms with Crippen LogP contribution in [0.4, 0.5) is 9.59 Å². The third-order valence-corrected chi connectivity index (χ3v) is 7.69. The molecule has 4 N–H and O–H groups in total. The van der Waals surface area contributed by atoms with Crippen molar-refractivity contribution in [2.75, 3.05) is 12.3 Å². The van der Waals surface area contributed by atoms with Gasteiger partial charge in [0.15, 0.2) is 0 Å². The van der Waals surface area contributed by atoms with Gasteiger partial charge in [-0.2, -0.15) is 11.8 Å². The van der Waals surface area contributed by atoms with E-state index in [1.165, 1.54) is 18.7 Å². The summed E-state index contributed by atoms with van der Waals surface area (Å²) in [6.07, 6.45) is -0.333. The number of carbonyl (C=O) groups excluding carboxylic acids is 5. The van der Waals surface area contributed by atoms with E-state index in [2.05, 4.69) is 31.3 Å². The molecule has 0 saturated heterocycles. The van der Waals surface area contributed by atoms with E-state index in [0.29, 0.717) is 18.6 Å². The molecule has 0 aliphatic rings. The van der Waals surface area contributed by atoms with Crippen LogP contribution in [0.5, 0.6) is 0 Å². The molecule has 3 atom stereocenters. The van der Waals surface area contributed by atoms with Gasteiger partial charge in [0.2, 0.25) is 17.7 Å². The number of aryl methyl sites for hydroxylation is 1. The maximum Gasteiger partial charge on any atom is 0.408 e. The molecule has 260 valence electrons. The number of nitrogens with zero attached hydrogens (tertiary/aromatic N) is 3. The first-order valence-corrected chi connectivity index (χ1v) is 16.7. The number of azide groups is 1. The summed E-state index contributed by atoms with van der Waals surface area (Å²) in [4.78, 5) is 66.0. The molecule has 0 unspecified atom stereocenters. The topological polar surface area (TPSA) is 201 Å². The molecule has 0 aliphatic heterocycles. The minimum Gasteiger partial charge on any atom is -0.445 e. The summed E-state index contributed by atoms with van der Waals surface area (Å²) in [6.45, 7) is 8.81. The number of hydrogen-bond donors (Lipinski definition) is 4. The molecule has 0 aliphatic carbocycles. The average Bonchev–Trinajstić information content (AvgIpc) is 3.03. The Morgan fingerprint density at radius 3 is 2.19 bits per heavy atom. The van der Waals surface area contributed by atoms with Crippen LogP contribution in [0.1, 0.15) is 63.6 Å². The fourth-order valence-corrected chi connectivity index (χ4v) is 5.11. The van der Waals surface area contributed by atoms with Crippen LogP contribution in [-0.2, 0) is 36.2 Å². The van der Waals surface area contributed by atoms with E-state index in [9.17, 15) is 24.0 Å². The molecule has 2 rings (SSSR count). The molecule has 15 heteroatoms. The molecule has 0 radical (unpaired) electrons. The first kappa shape index (κ1) is 39.4. The Balaban J connectivity index is 2.06. The third-order valence-electron chi connectivity index (χ3n) is 6.59. The van der Waals surface area contributed by atoms with Crippen molar-refractivity contribution in [1.82, 2.24) is 21.3 Å². The second kappa shape index (κ2) is 20.5. The molecule has 48 heavy (non-hydrogen) atoms. The van der Waals surface area contributed by atoms with Gasteiger partial charge in [-0.05, 0) is 75.7 Å². The average molecular weight is 684 g/mol. The molecule has 5 amide bonds. The summed E-state index contributed by atoms with van der Waals surface area (Å²) in [5.41, 5.74) is 10.7. The number of amides is 5. The van der Waals surface area contributed by atoms with Crippen LogP contribution in [0, 0.1) is 6.92 Å². The van der Waals surface area contributed by atoms with Crippen molar-refractivity contribution < 1.29 is 33.4 Å². The molecular formula is C33H45N7O7S. The van der Waals surface area contributed by atoms with E-state index in [0.717, 1.165) is 16.7 Å². The highest BCUT2D eigenvalue weighted by Crippen LogP contribution is 2.15. The quantitative estimate of drug-likeness (QED) is 0.0768. The molecule has 0 heterocycles. The van der Waals surface area contributed by atoms with Gasteiger partial charge in [-0.3, -0.25) is 14.4 Å². The van der Waals surface area contributed by atoms with Gasteiger partial charge in [-0.25, -0.2) is 9.59 Å². The SMILES string of the molecule is Cc1ccc(CSC[C@H](NC(=O)[C@H](CCCCNC(=O)OCc2ccccc2)NC(=O)OC(C)(C)C)C(=O)N[C@@H](C)C(=O)N=[N+]=[N-])cc1. The van der Waals surface area contributed by atoms with E-state index in [4.69, 9.17) is 15.0 Å². The van der Waals surface area contributed by atoms with Crippen LogP contribution >= 0.6 is 11.8 Å². The van der Waals surface area contributed by atoms with Gasteiger partial charge in [0, 0.05) is 23.0 Å². The third kappa shape index (κ3) is 16.2. The van der Waals surface area contributed by atoms with Crippen LogP contribution in [0.3, 0.4) is 0 Å². The van der Waals surface area contributed by atoms with Crippen LogP contribution in [0.15, 0.2) is 59.7 Å². The lowest BCUT2D eigenvalue weighted by Crippen LogP contribution is -2.56. The summed E-state index contributed by atoms with van der Waals surface area (Å²) < 4.78 is 10.6. The van der Waals surface area contributed by atoms with Crippen molar-refractivity contribution in [3.8, 4) is 0 Å². The molecular weight excluding hydrogens is 638 g/mol. The first-order chi connectivity index (χ1) is 22.8. The number of nitrogens with one attached hydrogen (secondary N) is 4. The number of ether oxygens (including phenoxy) is 2. The number of rotatable bonds is 17. The predicted octanol–water partition coefficient (Wildman–Crippen LogP) is 5.04. The van der Waals surface area contributed by atoms with E-state index in [1.807, 2.05) is 61.5 Å². The first-order valence-electron chi connectivity index (χ1n) is 15.5. The van der Waals surface area contributed by atoms with Gasteiger partial charge < -0.3 is 30.7 Å². The van der Waals surface area contributed by atoms with Gasteiger partial charge in [-0.15, -0.1) is 0 Å². The Hall–Kier alpha value is -4.75. The minimum absolute atomic E-state index is 0.130. The van der Waals surface area contributed by atoms with Crippen LogP contribution < -0.4 is 21.3 Å². The summed E-state index contributed by atoms with van der Waals surface area (Å²) >= 11 is 1.39. The second-order valence-corrected chi connectivity index (χ2v) is 13.0. The van der Waals surface area contributed by atoms with Crippen LogP contribution in [-0.4, -0.2) is 65.9 Å². The number of unbranched alkanes of at least 4 members (excludes halogenated alkanes) is 1. The van der Waals surface area contributed by atoms with E-state index in [-0.39, 0.29) is 25.3 Å². The lowest BCUT2D eigenvalue weighted by atomic mass is 10.1. The Bertz CT molecular complexity index is 1410. The second-order valence-electron chi connectivity index (χ2n) is 12.0. The Kier molecular flexibility index (Phi) is 16.8. The van der Waals surface area contributed by atoms with Crippen molar-refractivity contribution in [3.63, 3.8) is 0 Å². The van der Waals surface area contributed by atoms with E-state index < -0.39 is 53.6 Å². The normalized spacial score (nSPS) is 12.7. The number of benzene rings is 2. The molecule has 0 bridgehead atoms. The maximum atomic E-state index is 13.5. The predicted molar refractivity (Wildman–Crippen MR) is 183 cm³/mol. The Morgan fingerprint density at radius 2 is 1.54 bits per heavy atom. The zero-order valence-electron chi connectivity index (χ0n) is 28.0. The monoisotopic (exact) mass is 683 g/mol. The largest absolute Gasteiger partial charge is 0.445 e. The fraction of sp³-hybridized carbons (Fsp3) is 0.485. The van der Waals surface area contributed by atoms with Crippen molar-refractivity contribution in [2.45, 2.75) is 90.0 Å². The molecule has 14 nitrogen and oxygen atoms in total. The van der Waals surface area contributed by atoms with Gasteiger partial charge in [-0.1, -0.05) is 60.2 Å². The van der Waals surface area contributed by atoms with Crippen molar-refractivity contribution in [3.05, 3.63) is 81.7 Å². The highest BCUT2D eigenvalue weighted by molar-refractivity contribution is 7.98. The number of hydrogen-bond acceptors (Lipinski definition) is 8. The molecule has 0 saturated carbocycles. The summed E-state index contributed by atoms with van der Waals surface area (Å²) in [5.74, 6) is -1.50. The molecule has 2 aromatic carbocycles. The lowest BCUT2D eigenvalue weighted by Gasteiger charge is -2.25. The number of carbonyl (C=O) groups is 5. The standard InChI is InChI=1S/C33H45N7O7S/c1-22-14-16-25(17-15-22)20-48-21-27(30(43)36-23(2)28(41)39-40-34)37-29(42)26(38-32(45)47-33(3,4)5)13-9-10-18-35-31(44)46-19-24-11-7-6-8-12-24/h6-8,11-12,14-17,23,26-27H,9-10,13,18-21H2,1-5H3,(H,35,44)(H,36,43)(H,37,42)(H,38,45)/t23-,26-,27-/m0/s1. The smallest absolute Gasteiger partial charge is 0.408 e. The van der Waals surface area contributed by atoms with Gasteiger partial charge in [0.05, 0.1) is 6.04 Å². The van der Waals surface area contributed by atoms with Crippen molar-refractivity contribution in [1.29, 1.82) is 0 Å². The number of thioether (sulfide) groups is 1. The zero-order valence-corrected chi connectivity index (χ0v) is 28.8. The summed E-state index contributed by atoms with van der Waals surface area (Å²) in [5, 5.41) is 13.5.